The third kappa shape index (κ3) is 14.3. The normalized spacial score (nSPS) is 15.5. The summed E-state index contributed by atoms with van der Waals surface area (Å²) in [6, 6.07) is 23.7. The van der Waals surface area contributed by atoms with Crippen LogP contribution in [0.3, 0.4) is 0 Å². The van der Waals surface area contributed by atoms with Gasteiger partial charge in [0.2, 0.25) is 0 Å². The van der Waals surface area contributed by atoms with Gasteiger partial charge in [-0.2, -0.15) is 0 Å². The largest absolute Gasteiger partial charge is 0.497 e. The molecule has 2 saturated carbocycles. The molecular weight excluding hydrogens is 1070 g/mol. The van der Waals surface area contributed by atoms with Gasteiger partial charge in [-0.25, -0.2) is 19.2 Å². The average molecular weight is 1160 g/mol. The first-order valence-corrected chi connectivity index (χ1v) is 30.0. The van der Waals surface area contributed by atoms with Crippen LogP contribution in [0.2, 0.25) is 0 Å². The maximum atomic E-state index is 13.1. The smallest absolute Gasteiger partial charge is 0.367 e. The van der Waals surface area contributed by atoms with Crippen molar-refractivity contribution in [2.24, 2.45) is 5.92 Å². The Morgan fingerprint density at radius 2 is 1.13 bits per heavy atom. The van der Waals surface area contributed by atoms with Crippen molar-refractivity contribution in [2.45, 2.75) is 150 Å². The lowest BCUT2D eigenvalue weighted by Gasteiger charge is -2.26. The van der Waals surface area contributed by atoms with E-state index in [9.17, 15) is 28.5 Å². The fraction of sp³-hybridized carbons (Fsp3) is 0.448. The van der Waals surface area contributed by atoms with E-state index in [1.807, 2.05) is 103 Å². The lowest BCUT2D eigenvalue weighted by atomic mass is 9.79. The van der Waals surface area contributed by atoms with Gasteiger partial charge in [0, 0.05) is 36.2 Å². The third-order valence-corrected chi connectivity index (χ3v) is 17.5. The molecule has 2 heterocycles. The van der Waals surface area contributed by atoms with Gasteiger partial charge >= 0.3 is 31.5 Å². The molecule has 1 aliphatic heterocycles. The summed E-state index contributed by atoms with van der Waals surface area (Å²) in [5, 5.41) is 0.819. The summed E-state index contributed by atoms with van der Waals surface area (Å²) in [6.45, 7) is 18.4. The van der Waals surface area contributed by atoms with E-state index in [2.05, 4.69) is 43.1 Å². The number of aromatic nitrogens is 1. The number of hydrogen-bond donors (Lipinski definition) is 0. The summed E-state index contributed by atoms with van der Waals surface area (Å²) in [7, 11) is 4.67. The van der Waals surface area contributed by atoms with Gasteiger partial charge < -0.3 is 42.0 Å². The van der Waals surface area contributed by atoms with Gasteiger partial charge in [0.25, 0.3) is 0 Å². The van der Waals surface area contributed by atoms with E-state index >= 15 is 0 Å². The number of carbonyl (C=O) groups is 5. The number of esters is 4. The second-order valence-electron chi connectivity index (χ2n) is 23.5. The van der Waals surface area contributed by atoms with E-state index in [0.717, 1.165) is 83.0 Å². The van der Waals surface area contributed by atoms with E-state index < -0.39 is 24.8 Å². The number of hydrogen-bond acceptors (Lipinski definition) is 14. The van der Waals surface area contributed by atoms with Crippen LogP contribution in [-0.2, 0) is 55.1 Å². The molecule has 0 bridgehead atoms. The van der Waals surface area contributed by atoms with Crippen molar-refractivity contribution < 1.29 is 66.0 Å². The molecule has 3 aliphatic carbocycles. The molecule has 83 heavy (non-hydrogen) atoms. The number of methoxy groups -OCH3 is 4. The monoisotopic (exact) mass is 1160 g/mol. The SMILES string of the molecule is C=C(C(=O)OC)P(=O)(OC)OC.COC(=O)C1=C(C)c2cc(OC)ccc2-c2c(C3CCCCC3)c3ccc(C(=O)OC(C)(C)C)cc3n2C1.COc1ccc(C2=C(C3CCCCC3)c3ccc(C(=O)OC(C)(C)C)cc3C2)c(C(C)=O)c1. The molecule has 0 amide bonds. The molecule has 4 aliphatic rings. The van der Waals surface area contributed by atoms with Crippen LogP contribution in [0.1, 0.15) is 184 Å². The Morgan fingerprint density at radius 1 is 0.602 bits per heavy atom. The van der Waals surface area contributed by atoms with Crippen molar-refractivity contribution in [1.82, 2.24) is 4.57 Å². The summed E-state index contributed by atoms with van der Waals surface area (Å²) in [4.78, 5) is 62.3. The highest BCUT2D eigenvalue weighted by atomic mass is 31.2. The van der Waals surface area contributed by atoms with E-state index in [1.165, 1.54) is 82.1 Å². The van der Waals surface area contributed by atoms with Gasteiger partial charge in [-0.05, 0) is 198 Å². The zero-order chi connectivity index (χ0) is 60.7. The van der Waals surface area contributed by atoms with Gasteiger partial charge in [0.1, 0.15) is 28.0 Å². The number of allylic oxidation sites excluding steroid dienone is 3. The number of carbonyl (C=O) groups excluding carboxylic acids is 5. The van der Waals surface area contributed by atoms with Crippen molar-refractivity contribution in [3.63, 3.8) is 0 Å². The van der Waals surface area contributed by atoms with Gasteiger partial charge in [-0.1, -0.05) is 63.3 Å². The number of rotatable bonds is 13. The molecule has 444 valence electrons. The third-order valence-electron chi connectivity index (χ3n) is 15.7. The molecule has 0 saturated heterocycles. The summed E-state index contributed by atoms with van der Waals surface area (Å²) >= 11 is 0. The van der Waals surface area contributed by atoms with Crippen LogP contribution in [-0.4, -0.2) is 88.1 Å². The van der Waals surface area contributed by atoms with Crippen molar-refractivity contribution in [3.05, 3.63) is 135 Å². The van der Waals surface area contributed by atoms with Gasteiger partial charge in [0.05, 0.1) is 57.4 Å². The fourth-order valence-electron chi connectivity index (χ4n) is 11.8. The fourth-order valence-corrected chi connectivity index (χ4v) is 12.7. The van der Waals surface area contributed by atoms with E-state index in [-0.39, 0.29) is 29.0 Å². The van der Waals surface area contributed by atoms with Crippen molar-refractivity contribution in [1.29, 1.82) is 0 Å². The average Bonchev–Trinajstić information content (AvgIpc) is 1.87. The number of fused-ring (bicyclic) bond motifs is 6. The second-order valence-corrected chi connectivity index (χ2v) is 25.7. The predicted molar refractivity (Wildman–Crippen MR) is 324 cm³/mol. The van der Waals surface area contributed by atoms with Crippen LogP contribution < -0.4 is 9.47 Å². The van der Waals surface area contributed by atoms with Crippen molar-refractivity contribution >= 4 is 64.9 Å². The Hall–Kier alpha value is -7.06. The number of ether oxygens (including phenoxy) is 6. The highest BCUT2D eigenvalue weighted by molar-refractivity contribution is 7.59. The Morgan fingerprint density at radius 3 is 1.66 bits per heavy atom. The van der Waals surface area contributed by atoms with Gasteiger partial charge in [0.15, 0.2) is 5.78 Å². The molecule has 9 rings (SSSR count). The highest BCUT2D eigenvalue weighted by Gasteiger charge is 2.36. The lowest BCUT2D eigenvalue weighted by molar-refractivity contribution is -0.136. The molecule has 4 aromatic carbocycles. The van der Waals surface area contributed by atoms with Crippen LogP contribution in [0.15, 0.2) is 90.3 Å². The van der Waals surface area contributed by atoms with Crippen LogP contribution in [0.5, 0.6) is 11.5 Å². The molecular formula is C67H82NO14P. The van der Waals surface area contributed by atoms with Crippen LogP contribution >= 0.6 is 7.60 Å². The van der Waals surface area contributed by atoms with Crippen molar-refractivity contribution in [3.8, 4) is 22.8 Å². The maximum absolute atomic E-state index is 13.1. The summed E-state index contributed by atoms with van der Waals surface area (Å²) in [5.41, 5.74) is 13.4. The molecule has 0 atom stereocenters. The zero-order valence-electron chi connectivity index (χ0n) is 50.9. The predicted octanol–water partition coefficient (Wildman–Crippen LogP) is 15.3. The maximum Gasteiger partial charge on any atom is 0.367 e. The number of Topliss-reactive ketones (excluding diaryl/α,β-unsaturated/α-hetero) is 1. The summed E-state index contributed by atoms with van der Waals surface area (Å²) in [6.07, 6.45) is 12.7. The number of nitrogens with zero attached hydrogens (tertiary/aromatic N) is 1. The molecule has 0 unspecified atom stereocenters. The molecule has 0 spiro atoms. The first-order valence-electron chi connectivity index (χ1n) is 28.5. The first kappa shape index (κ1) is 63.5. The van der Waals surface area contributed by atoms with Crippen LogP contribution in [0, 0.1) is 5.92 Å². The molecule has 2 fully saturated rings. The molecule has 0 N–H and O–H groups in total. The van der Waals surface area contributed by atoms with Crippen molar-refractivity contribution in [2.75, 3.05) is 42.7 Å². The molecule has 16 heteroatoms. The second kappa shape index (κ2) is 26.7. The zero-order valence-corrected chi connectivity index (χ0v) is 51.8. The summed E-state index contributed by atoms with van der Waals surface area (Å²) in [5.74, 6) is 0.531. The van der Waals surface area contributed by atoms with Crippen LogP contribution in [0.25, 0.3) is 38.9 Å². The van der Waals surface area contributed by atoms with Gasteiger partial charge in [-0.3, -0.25) is 9.36 Å². The minimum Gasteiger partial charge on any atom is -0.497 e. The van der Waals surface area contributed by atoms with Crippen LogP contribution in [0.4, 0.5) is 0 Å². The molecule has 5 aromatic rings. The Kier molecular flexibility index (Phi) is 20.4. The Balaban J connectivity index is 0.000000201. The molecule has 15 nitrogen and oxygen atoms in total. The lowest BCUT2D eigenvalue weighted by Crippen LogP contribution is -2.24. The van der Waals surface area contributed by atoms with E-state index in [0.29, 0.717) is 52.8 Å². The Bertz CT molecular complexity index is 3420. The first-order chi connectivity index (χ1) is 39.3. The minimum atomic E-state index is -3.51. The molecule has 0 radical (unpaired) electrons. The molecule has 1 aromatic heterocycles. The summed E-state index contributed by atoms with van der Waals surface area (Å²) < 4.78 is 54.4. The highest BCUT2D eigenvalue weighted by Crippen LogP contribution is 2.54. The minimum absolute atomic E-state index is 0.0322. The Labute approximate surface area is 489 Å². The standard InChI is InChI=1S/C32H37NO5.C29H34O4.C6H11O5P/c1-19-25-17-22(36-5)13-15-23(25)29-28(20-10-8-7-9-11-20)24-14-12-21(30(34)38-32(2,3)4)16-27(24)33(29)18-26(19)31(35)37-6;1-18(30)25-17-22(32-5)12-14-24(25)26-16-21-15-20(28(31)33-29(2,3)4)11-13-23(21)27(26)19-9-7-6-8-10-19;1-5(6(7)9-2)12(8,10-3)11-4/h12-17,20H,7-11,18H2,1-6H3;11-15,17,19H,6-10,16H2,1-5H3;1H2,2-4H3. The number of benzene rings is 4. The topological polar surface area (TPSA) is 181 Å². The quantitative estimate of drug-likeness (QED) is 0.0357. The van der Waals surface area contributed by atoms with E-state index in [4.69, 9.17) is 23.7 Å². The number of ketones is 1. The van der Waals surface area contributed by atoms with E-state index in [1.54, 1.807) is 21.1 Å². The van der Waals surface area contributed by atoms with Gasteiger partial charge in [-0.15, -0.1) is 0 Å².